The van der Waals surface area contributed by atoms with Crippen molar-refractivity contribution in [3.63, 3.8) is 0 Å². The van der Waals surface area contributed by atoms with Crippen LogP contribution in [0.4, 0.5) is 4.39 Å². The molecule has 0 saturated heterocycles. The molecular formula is C10H6ClFN2O2S2. The lowest BCUT2D eigenvalue weighted by molar-refractivity contribution is 0.0691. The van der Waals surface area contributed by atoms with Crippen LogP contribution in [-0.2, 0) is 5.75 Å². The van der Waals surface area contributed by atoms with Crippen molar-refractivity contribution >= 4 is 40.7 Å². The predicted molar refractivity (Wildman–Crippen MR) is 67.8 cm³/mol. The normalized spacial score (nSPS) is 10.6. The Morgan fingerprint density at radius 2 is 2.28 bits per heavy atom. The second kappa shape index (κ2) is 5.64. The van der Waals surface area contributed by atoms with Crippen molar-refractivity contribution in [3.8, 4) is 0 Å². The standard InChI is InChI=1S/C10H6ClFN2O2S2/c11-10-14-13-8(18-10)4-17-5-1-2-7(12)6(3-5)9(15)16/h1-3H,4H2,(H,15,16). The van der Waals surface area contributed by atoms with E-state index in [9.17, 15) is 9.18 Å². The number of halogens is 2. The molecule has 0 amide bonds. The molecular weight excluding hydrogens is 299 g/mol. The molecule has 0 aliphatic heterocycles. The largest absolute Gasteiger partial charge is 0.478 e. The molecule has 1 heterocycles. The van der Waals surface area contributed by atoms with Crippen molar-refractivity contribution in [2.45, 2.75) is 10.6 Å². The van der Waals surface area contributed by atoms with E-state index in [1.54, 1.807) is 0 Å². The van der Waals surface area contributed by atoms with Crippen LogP contribution in [0.15, 0.2) is 23.1 Å². The van der Waals surface area contributed by atoms with Gasteiger partial charge in [0.05, 0.1) is 11.3 Å². The maximum Gasteiger partial charge on any atom is 0.338 e. The number of carboxylic acids is 1. The van der Waals surface area contributed by atoms with Gasteiger partial charge in [0.1, 0.15) is 10.8 Å². The van der Waals surface area contributed by atoms with Crippen LogP contribution >= 0.6 is 34.7 Å². The Balaban J connectivity index is 2.10. The van der Waals surface area contributed by atoms with E-state index in [0.717, 1.165) is 11.1 Å². The summed E-state index contributed by atoms with van der Waals surface area (Å²) in [5.41, 5.74) is -0.338. The van der Waals surface area contributed by atoms with Gasteiger partial charge in [0.15, 0.2) is 0 Å². The fourth-order valence-electron chi connectivity index (χ4n) is 1.19. The number of carbonyl (C=O) groups is 1. The van der Waals surface area contributed by atoms with Gasteiger partial charge in [0.25, 0.3) is 0 Å². The third-order valence-electron chi connectivity index (χ3n) is 1.97. The molecule has 2 aromatic rings. The summed E-state index contributed by atoms with van der Waals surface area (Å²) in [6.45, 7) is 0. The topological polar surface area (TPSA) is 63.1 Å². The summed E-state index contributed by atoms with van der Waals surface area (Å²) in [7, 11) is 0. The van der Waals surface area contributed by atoms with Crippen molar-refractivity contribution < 1.29 is 14.3 Å². The second-order valence-corrected chi connectivity index (χ2v) is 5.88. The average molecular weight is 305 g/mol. The Kier molecular flexibility index (Phi) is 4.15. The molecule has 8 heteroatoms. The van der Waals surface area contributed by atoms with Crippen molar-refractivity contribution in [3.05, 3.63) is 39.1 Å². The van der Waals surface area contributed by atoms with E-state index in [4.69, 9.17) is 16.7 Å². The first-order valence-corrected chi connectivity index (χ1v) is 6.88. The zero-order chi connectivity index (χ0) is 13.1. The maximum atomic E-state index is 13.2. The maximum absolute atomic E-state index is 13.2. The molecule has 1 N–H and O–H groups in total. The van der Waals surface area contributed by atoms with Crippen molar-refractivity contribution in [2.75, 3.05) is 0 Å². The number of rotatable bonds is 4. The molecule has 94 valence electrons. The van der Waals surface area contributed by atoms with Crippen molar-refractivity contribution in [1.29, 1.82) is 0 Å². The van der Waals surface area contributed by atoms with Crippen LogP contribution in [-0.4, -0.2) is 21.3 Å². The first kappa shape index (κ1) is 13.3. The molecule has 0 aliphatic carbocycles. The number of thioether (sulfide) groups is 1. The fraction of sp³-hybridized carbons (Fsp3) is 0.100. The summed E-state index contributed by atoms with van der Waals surface area (Å²) in [4.78, 5) is 11.4. The molecule has 0 fully saturated rings. The third kappa shape index (κ3) is 3.18. The Morgan fingerprint density at radius 3 is 2.89 bits per heavy atom. The zero-order valence-corrected chi connectivity index (χ0v) is 11.2. The van der Waals surface area contributed by atoms with Crippen LogP contribution in [0.3, 0.4) is 0 Å². The van der Waals surface area contributed by atoms with E-state index in [1.165, 1.54) is 35.2 Å². The highest BCUT2D eigenvalue weighted by Crippen LogP contribution is 2.27. The van der Waals surface area contributed by atoms with Gasteiger partial charge in [0, 0.05) is 4.90 Å². The quantitative estimate of drug-likeness (QED) is 0.878. The summed E-state index contributed by atoms with van der Waals surface area (Å²) in [6, 6.07) is 3.96. The zero-order valence-electron chi connectivity index (χ0n) is 8.76. The van der Waals surface area contributed by atoms with Crippen LogP contribution in [0.2, 0.25) is 4.47 Å². The average Bonchev–Trinajstić information content (AvgIpc) is 2.74. The molecule has 0 radical (unpaired) electrons. The van der Waals surface area contributed by atoms with E-state index in [0.29, 0.717) is 15.1 Å². The minimum Gasteiger partial charge on any atom is -0.478 e. The van der Waals surface area contributed by atoms with Gasteiger partial charge in [-0.3, -0.25) is 0 Å². The van der Waals surface area contributed by atoms with Gasteiger partial charge in [-0.2, -0.15) is 0 Å². The predicted octanol–water partition coefficient (Wildman–Crippen LogP) is 3.32. The fourth-order valence-corrected chi connectivity index (χ4v) is 2.98. The molecule has 0 aliphatic rings. The lowest BCUT2D eigenvalue weighted by Crippen LogP contribution is -2.00. The number of aromatic carboxylic acids is 1. The van der Waals surface area contributed by atoms with Crippen LogP contribution < -0.4 is 0 Å². The van der Waals surface area contributed by atoms with Gasteiger partial charge >= 0.3 is 5.97 Å². The van der Waals surface area contributed by atoms with E-state index in [2.05, 4.69) is 10.2 Å². The van der Waals surface area contributed by atoms with Gasteiger partial charge in [-0.15, -0.1) is 22.0 Å². The highest BCUT2D eigenvalue weighted by molar-refractivity contribution is 7.98. The van der Waals surface area contributed by atoms with Crippen molar-refractivity contribution in [2.24, 2.45) is 0 Å². The molecule has 1 aromatic heterocycles. The third-order valence-corrected chi connectivity index (χ3v) is 4.18. The van der Waals surface area contributed by atoms with E-state index >= 15 is 0 Å². The molecule has 1 aromatic carbocycles. The molecule has 0 unspecified atom stereocenters. The minimum absolute atomic E-state index is 0.338. The van der Waals surface area contributed by atoms with Gasteiger partial charge in [0.2, 0.25) is 4.47 Å². The number of benzene rings is 1. The Hall–Kier alpha value is -1.18. The van der Waals surface area contributed by atoms with Gasteiger partial charge < -0.3 is 5.11 Å². The Morgan fingerprint density at radius 1 is 1.50 bits per heavy atom. The lowest BCUT2D eigenvalue weighted by Gasteiger charge is -2.02. The number of hydrogen-bond acceptors (Lipinski definition) is 5. The molecule has 0 spiro atoms. The van der Waals surface area contributed by atoms with Crippen LogP contribution in [0, 0.1) is 5.82 Å². The summed E-state index contributed by atoms with van der Waals surface area (Å²) in [5.74, 6) is -1.52. The van der Waals surface area contributed by atoms with Gasteiger partial charge in [-0.1, -0.05) is 11.3 Å². The van der Waals surface area contributed by atoms with Gasteiger partial charge in [-0.05, 0) is 29.8 Å². The highest BCUT2D eigenvalue weighted by Gasteiger charge is 2.11. The van der Waals surface area contributed by atoms with Crippen molar-refractivity contribution in [1.82, 2.24) is 10.2 Å². The Labute approximate surface area is 115 Å². The van der Waals surface area contributed by atoms with Crippen LogP contribution in [0.5, 0.6) is 0 Å². The Bertz CT molecular complexity index is 591. The SMILES string of the molecule is O=C(O)c1cc(SCc2nnc(Cl)s2)ccc1F. The smallest absolute Gasteiger partial charge is 0.338 e. The van der Waals surface area contributed by atoms with Gasteiger partial charge in [-0.25, -0.2) is 9.18 Å². The second-order valence-electron chi connectivity index (χ2n) is 3.18. The molecule has 2 rings (SSSR count). The summed E-state index contributed by atoms with van der Waals surface area (Å²) in [6.07, 6.45) is 0. The summed E-state index contributed by atoms with van der Waals surface area (Å²) < 4.78 is 13.5. The van der Waals surface area contributed by atoms with Crippen LogP contribution in [0.1, 0.15) is 15.4 Å². The number of aromatic nitrogens is 2. The molecule has 0 atom stereocenters. The highest BCUT2D eigenvalue weighted by atomic mass is 35.5. The summed E-state index contributed by atoms with van der Waals surface area (Å²) in [5, 5.41) is 17.0. The monoisotopic (exact) mass is 304 g/mol. The van der Waals surface area contributed by atoms with E-state index < -0.39 is 11.8 Å². The number of carboxylic acid groups (broad SMARTS) is 1. The lowest BCUT2D eigenvalue weighted by atomic mass is 10.2. The minimum atomic E-state index is -1.28. The first-order valence-electron chi connectivity index (χ1n) is 4.70. The molecule has 0 bridgehead atoms. The number of nitrogens with zero attached hydrogens (tertiary/aromatic N) is 2. The van der Waals surface area contributed by atoms with E-state index in [-0.39, 0.29) is 5.56 Å². The van der Waals surface area contributed by atoms with E-state index in [1.807, 2.05) is 0 Å². The summed E-state index contributed by atoms with van der Waals surface area (Å²) >= 11 is 8.24. The molecule has 0 saturated carbocycles. The first-order chi connectivity index (χ1) is 8.56. The molecule has 18 heavy (non-hydrogen) atoms. The molecule has 4 nitrogen and oxygen atoms in total. The van der Waals surface area contributed by atoms with Crippen LogP contribution in [0.25, 0.3) is 0 Å². The number of hydrogen-bond donors (Lipinski definition) is 1.